The summed E-state index contributed by atoms with van der Waals surface area (Å²) in [6.07, 6.45) is 0.877. The molecule has 0 spiro atoms. The van der Waals surface area contributed by atoms with E-state index in [1.54, 1.807) is 0 Å². The second-order valence-corrected chi connectivity index (χ2v) is 9.14. The number of halogens is 1. The van der Waals surface area contributed by atoms with Gasteiger partial charge in [0, 0.05) is 18.9 Å². The normalized spacial score (nSPS) is 18.1. The summed E-state index contributed by atoms with van der Waals surface area (Å²) in [5, 5.41) is 19.2. The number of rotatable bonds is 12. The number of carbonyl (C=O) groups excluding carboxylic acids is 4. The largest absolute Gasteiger partial charge is 0.465 e. The summed E-state index contributed by atoms with van der Waals surface area (Å²) in [6.45, 7) is 4.28. The van der Waals surface area contributed by atoms with Gasteiger partial charge >= 0.3 is 6.09 Å². The van der Waals surface area contributed by atoms with Gasteiger partial charge in [0.25, 0.3) is 0 Å². The minimum Gasteiger partial charge on any atom is -0.465 e. The molecule has 0 saturated carbocycles. The van der Waals surface area contributed by atoms with Crippen LogP contribution in [-0.2, 0) is 25.6 Å². The predicted molar refractivity (Wildman–Crippen MR) is 125 cm³/mol. The number of hydrogen-bond donors (Lipinski definition) is 5. The zero-order valence-corrected chi connectivity index (χ0v) is 19.9. The van der Waals surface area contributed by atoms with E-state index in [-0.39, 0.29) is 31.1 Å². The van der Waals surface area contributed by atoms with Crippen LogP contribution in [0.4, 0.5) is 9.18 Å². The molecule has 1 aliphatic heterocycles. The van der Waals surface area contributed by atoms with Crippen molar-refractivity contribution >= 4 is 30.1 Å². The summed E-state index contributed by atoms with van der Waals surface area (Å²) >= 11 is 0. The van der Waals surface area contributed by atoms with Crippen LogP contribution in [0.25, 0.3) is 0 Å². The number of amides is 4. The van der Waals surface area contributed by atoms with E-state index in [1.165, 1.54) is 24.3 Å². The molecule has 192 valence electrons. The SMILES string of the molecule is CC(C)CC(NC(=O)C(Cc1ccc(F)cc1)NC(=O)O)C(=O)NC(C=O)C[C@@H]1CCCNC1=O. The number of benzene rings is 1. The van der Waals surface area contributed by atoms with Crippen molar-refractivity contribution in [3.63, 3.8) is 0 Å². The van der Waals surface area contributed by atoms with E-state index in [1.807, 2.05) is 13.8 Å². The Labute approximate surface area is 203 Å². The quantitative estimate of drug-likeness (QED) is 0.276. The van der Waals surface area contributed by atoms with Gasteiger partial charge < -0.3 is 31.2 Å². The van der Waals surface area contributed by atoms with Crippen molar-refractivity contribution in [3.05, 3.63) is 35.6 Å². The molecule has 1 saturated heterocycles. The Morgan fingerprint density at radius 2 is 1.77 bits per heavy atom. The molecule has 0 bridgehead atoms. The van der Waals surface area contributed by atoms with Crippen molar-refractivity contribution in [1.29, 1.82) is 0 Å². The van der Waals surface area contributed by atoms with Crippen molar-refractivity contribution in [1.82, 2.24) is 21.3 Å². The average molecular weight is 493 g/mol. The maximum atomic E-state index is 13.2. The molecule has 10 nitrogen and oxygen atoms in total. The van der Waals surface area contributed by atoms with Crippen LogP contribution in [0.1, 0.15) is 45.1 Å². The van der Waals surface area contributed by atoms with Crippen LogP contribution in [0.5, 0.6) is 0 Å². The Morgan fingerprint density at radius 1 is 1.11 bits per heavy atom. The number of carbonyl (C=O) groups is 5. The van der Waals surface area contributed by atoms with Crippen LogP contribution < -0.4 is 21.3 Å². The minimum atomic E-state index is -1.43. The maximum Gasteiger partial charge on any atom is 0.405 e. The zero-order valence-electron chi connectivity index (χ0n) is 19.9. The lowest BCUT2D eigenvalue weighted by atomic mass is 9.91. The van der Waals surface area contributed by atoms with Crippen molar-refractivity contribution in [2.45, 2.75) is 64.1 Å². The van der Waals surface area contributed by atoms with Crippen molar-refractivity contribution in [2.24, 2.45) is 11.8 Å². The number of hydrogen-bond acceptors (Lipinski definition) is 5. The van der Waals surface area contributed by atoms with Gasteiger partial charge in [-0.1, -0.05) is 26.0 Å². The molecule has 11 heteroatoms. The van der Waals surface area contributed by atoms with Crippen LogP contribution in [0, 0.1) is 17.7 Å². The van der Waals surface area contributed by atoms with Gasteiger partial charge in [-0.25, -0.2) is 9.18 Å². The summed E-state index contributed by atoms with van der Waals surface area (Å²) in [7, 11) is 0. The first-order chi connectivity index (χ1) is 16.6. The molecule has 0 aromatic heterocycles. The van der Waals surface area contributed by atoms with Gasteiger partial charge in [0.05, 0.1) is 6.04 Å². The van der Waals surface area contributed by atoms with Crippen LogP contribution in [0.2, 0.25) is 0 Å². The zero-order chi connectivity index (χ0) is 26.0. The van der Waals surface area contributed by atoms with Crippen LogP contribution in [-0.4, -0.2) is 59.9 Å². The third-order valence-electron chi connectivity index (χ3n) is 5.74. The lowest BCUT2D eigenvalue weighted by molar-refractivity contribution is -0.132. The highest BCUT2D eigenvalue weighted by molar-refractivity contribution is 5.92. The Balaban J connectivity index is 2.09. The standard InChI is InChI=1S/C24H33FN4O6/c1-14(2)10-19(22(32)27-18(13-30)12-16-4-3-9-26-21(16)31)28-23(33)20(29-24(34)35)11-15-5-7-17(25)8-6-15/h5-8,13-14,16,18-20,29H,3-4,9-12H2,1-2H3,(H,26,31)(H,27,32)(H,28,33)(H,34,35)/t16-,18?,19?,20?/m0/s1. The lowest BCUT2D eigenvalue weighted by Gasteiger charge is -2.27. The Morgan fingerprint density at radius 3 is 2.34 bits per heavy atom. The molecule has 1 fully saturated rings. The molecular weight excluding hydrogens is 459 g/mol. The molecule has 4 atom stereocenters. The first-order valence-corrected chi connectivity index (χ1v) is 11.7. The molecule has 0 aliphatic carbocycles. The lowest BCUT2D eigenvalue weighted by Crippen LogP contribution is -2.56. The summed E-state index contributed by atoms with van der Waals surface area (Å²) in [4.78, 5) is 60.8. The number of nitrogens with one attached hydrogen (secondary N) is 4. The fourth-order valence-corrected chi connectivity index (χ4v) is 3.99. The summed E-state index contributed by atoms with van der Waals surface area (Å²) < 4.78 is 13.2. The Bertz CT molecular complexity index is 908. The number of aldehydes is 1. The van der Waals surface area contributed by atoms with Gasteiger partial charge in [-0.15, -0.1) is 0 Å². The Hall–Kier alpha value is -3.50. The van der Waals surface area contributed by atoms with Gasteiger partial charge in [-0.05, 0) is 49.3 Å². The van der Waals surface area contributed by atoms with E-state index >= 15 is 0 Å². The fraction of sp³-hybridized carbons (Fsp3) is 0.542. The van der Waals surface area contributed by atoms with Crippen molar-refractivity contribution in [2.75, 3.05) is 6.54 Å². The monoisotopic (exact) mass is 492 g/mol. The second kappa shape index (κ2) is 13.4. The average Bonchev–Trinajstić information content (AvgIpc) is 2.79. The van der Waals surface area contributed by atoms with E-state index in [0.29, 0.717) is 24.8 Å². The van der Waals surface area contributed by atoms with Crippen molar-refractivity contribution < 1.29 is 33.5 Å². The highest BCUT2D eigenvalue weighted by Crippen LogP contribution is 2.17. The topological polar surface area (TPSA) is 154 Å². The van der Waals surface area contributed by atoms with Crippen LogP contribution in [0.3, 0.4) is 0 Å². The predicted octanol–water partition coefficient (Wildman–Crippen LogP) is 1.14. The first kappa shape index (κ1) is 27.7. The highest BCUT2D eigenvalue weighted by Gasteiger charge is 2.31. The number of piperidine rings is 1. The molecule has 3 unspecified atom stereocenters. The first-order valence-electron chi connectivity index (χ1n) is 11.7. The minimum absolute atomic E-state index is 0.00663. The summed E-state index contributed by atoms with van der Waals surface area (Å²) in [5.74, 6) is -2.36. The third kappa shape index (κ3) is 9.34. The Kier molecular flexibility index (Phi) is 10.6. The van der Waals surface area contributed by atoms with Gasteiger partial charge in [0.2, 0.25) is 17.7 Å². The molecule has 35 heavy (non-hydrogen) atoms. The second-order valence-electron chi connectivity index (χ2n) is 9.14. The van der Waals surface area contributed by atoms with Gasteiger partial charge in [-0.3, -0.25) is 14.4 Å². The summed E-state index contributed by atoms with van der Waals surface area (Å²) in [6, 6.07) is 2.11. The molecule has 1 aromatic rings. The molecule has 1 aromatic carbocycles. The maximum absolute atomic E-state index is 13.2. The molecule has 1 heterocycles. The number of carboxylic acid groups (broad SMARTS) is 1. The highest BCUT2D eigenvalue weighted by atomic mass is 19.1. The smallest absolute Gasteiger partial charge is 0.405 e. The van der Waals surface area contributed by atoms with Gasteiger partial charge in [0.1, 0.15) is 24.2 Å². The van der Waals surface area contributed by atoms with Crippen molar-refractivity contribution in [3.8, 4) is 0 Å². The van der Waals surface area contributed by atoms with Gasteiger partial charge in [-0.2, -0.15) is 0 Å². The molecule has 1 aliphatic rings. The van der Waals surface area contributed by atoms with E-state index in [4.69, 9.17) is 5.11 Å². The van der Waals surface area contributed by atoms with Crippen LogP contribution in [0.15, 0.2) is 24.3 Å². The summed E-state index contributed by atoms with van der Waals surface area (Å²) in [5.41, 5.74) is 0.525. The third-order valence-corrected chi connectivity index (χ3v) is 5.74. The molecule has 5 N–H and O–H groups in total. The van der Waals surface area contributed by atoms with E-state index in [2.05, 4.69) is 21.3 Å². The molecular formula is C24H33FN4O6. The van der Waals surface area contributed by atoms with Gasteiger partial charge in [0.15, 0.2) is 0 Å². The van der Waals surface area contributed by atoms with E-state index in [0.717, 1.165) is 6.42 Å². The van der Waals surface area contributed by atoms with E-state index < -0.39 is 47.8 Å². The fourth-order valence-electron chi connectivity index (χ4n) is 3.99. The van der Waals surface area contributed by atoms with Crippen LogP contribution >= 0.6 is 0 Å². The molecule has 2 rings (SSSR count). The van der Waals surface area contributed by atoms with E-state index in [9.17, 15) is 28.4 Å². The molecule has 4 amide bonds. The molecule has 0 radical (unpaired) electrons.